The molecule has 10 heteroatoms. The Morgan fingerprint density at radius 1 is 1.06 bits per heavy atom. The van der Waals surface area contributed by atoms with Gasteiger partial charge in [0.25, 0.3) is 0 Å². The van der Waals surface area contributed by atoms with Gasteiger partial charge in [-0.3, -0.25) is 9.36 Å². The molecule has 4 aromatic rings. The number of nitrogens with one attached hydrogen (secondary N) is 1. The number of rotatable bonds is 9. The molecule has 0 aliphatic heterocycles. The van der Waals surface area contributed by atoms with Gasteiger partial charge in [-0.15, -0.1) is 32.9 Å². The summed E-state index contributed by atoms with van der Waals surface area (Å²) in [7, 11) is 1.34. The van der Waals surface area contributed by atoms with Crippen LogP contribution in [-0.2, 0) is 9.53 Å². The van der Waals surface area contributed by atoms with Gasteiger partial charge in [-0.2, -0.15) is 0 Å². The Morgan fingerprint density at radius 2 is 1.81 bits per heavy atom. The zero-order valence-corrected chi connectivity index (χ0v) is 23.2. The Kier molecular flexibility index (Phi) is 8.28. The Balaban J connectivity index is 1.51. The smallest absolute Gasteiger partial charge is 0.341 e. The first-order valence-electron chi connectivity index (χ1n) is 11.5. The topological polar surface area (TPSA) is 86.1 Å². The molecule has 0 fully saturated rings. The normalized spacial score (nSPS) is 11.3. The Morgan fingerprint density at radius 3 is 2.44 bits per heavy atom. The van der Waals surface area contributed by atoms with E-state index in [9.17, 15) is 9.59 Å². The summed E-state index contributed by atoms with van der Waals surface area (Å²) in [6, 6.07) is 11.8. The van der Waals surface area contributed by atoms with Gasteiger partial charge in [-0.1, -0.05) is 55.9 Å². The number of esters is 1. The third-order valence-corrected chi connectivity index (χ3v) is 8.55. The predicted molar refractivity (Wildman–Crippen MR) is 148 cm³/mol. The highest BCUT2D eigenvalue weighted by Crippen LogP contribution is 2.37. The molecule has 7 nitrogen and oxygen atoms in total. The molecule has 4 rings (SSSR count). The molecule has 0 aliphatic rings. The molecule has 1 N–H and O–H groups in total. The van der Waals surface area contributed by atoms with E-state index in [2.05, 4.69) is 59.2 Å². The minimum Gasteiger partial charge on any atom is -0.465 e. The summed E-state index contributed by atoms with van der Waals surface area (Å²) < 4.78 is 7.06. The third-order valence-electron chi connectivity index (χ3n) is 5.48. The molecule has 0 saturated carbocycles. The standard InChI is InChI=1S/C26H28N4O3S3/c1-15(2)20-11-18(12-34-20)23-28-29-26(30(23)16(3)4)36-14-21(31)27-24-22(25(32)33-5)19(13-35-24)17-9-7-6-8-10-17/h6-13,15-16H,14H2,1-5H3,(H,27,31). The number of methoxy groups -OCH3 is 1. The highest BCUT2D eigenvalue weighted by molar-refractivity contribution is 7.99. The van der Waals surface area contributed by atoms with E-state index in [1.165, 1.54) is 35.1 Å². The maximum Gasteiger partial charge on any atom is 0.341 e. The van der Waals surface area contributed by atoms with Crippen LogP contribution in [-0.4, -0.2) is 39.5 Å². The van der Waals surface area contributed by atoms with E-state index in [0.717, 1.165) is 22.5 Å². The molecule has 0 atom stereocenters. The maximum absolute atomic E-state index is 12.9. The van der Waals surface area contributed by atoms with E-state index in [4.69, 9.17) is 4.74 Å². The van der Waals surface area contributed by atoms with Crippen LogP contribution in [0.3, 0.4) is 0 Å². The van der Waals surface area contributed by atoms with Crippen LogP contribution in [0.15, 0.2) is 52.3 Å². The average Bonchev–Trinajstić information content (AvgIpc) is 3.60. The number of benzene rings is 1. The van der Waals surface area contributed by atoms with E-state index in [1.54, 1.807) is 11.3 Å². The quantitative estimate of drug-likeness (QED) is 0.182. The van der Waals surface area contributed by atoms with Crippen molar-refractivity contribution in [3.05, 3.63) is 57.6 Å². The fourth-order valence-corrected chi connectivity index (χ4v) is 6.43. The van der Waals surface area contributed by atoms with Gasteiger partial charge in [-0.05, 0) is 31.4 Å². The van der Waals surface area contributed by atoms with Crippen molar-refractivity contribution in [3.63, 3.8) is 0 Å². The molecular formula is C26H28N4O3S3. The minimum absolute atomic E-state index is 0.125. The SMILES string of the molecule is COC(=O)c1c(-c2ccccc2)csc1NC(=O)CSc1nnc(-c2csc(C(C)C)c2)n1C(C)C. The first-order valence-corrected chi connectivity index (χ1v) is 14.3. The number of amides is 1. The van der Waals surface area contributed by atoms with Gasteiger partial charge in [0, 0.05) is 32.8 Å². The highest BCUT2D eigenvalue weighted by atomic mass is 32.2. The first-order chi connectivity index (χ1) is 17.3. The van der Waals surface area contributed by atoms with Crippen molar-refractivity contribution >= 4 is 51.3 Å². The van der Waals surface area contributed by atoms with Crippen LogP contribution in [0.5, 0.6) is 0 Å². The molecule has 0 spiro atoms. The number of ether oxygens (including phenoxy) is 1. The highest BCUT2D eigenvalue weighted by Gasteiger charge is 2.23. The Bertz CT molecular complexity index is 1360. The lowest BCUT2D eigenvalue weighted by Gasteiger charge is -2.13. The summed E-state index contributed by atoms with van der Waals surface area (Å²) >= 11 is 4.35. The van der Waals surface area contributed by atoms with Crippen molar-refractivity contribution < 1.29 is 14.3 Å². The average molecular weight is 541 g/mol. The summed E-state index contributed by atoms with van der Waals surface area (Å²) in [5.74, 6) is 0.661. The number of carbonyl (C=O) groups excluding carboxylic acids is 2. The van der Waals surface area contributed by atoms with E-state index in [-0.39, 0.29) is 17.7 Å². The number of aromatic nitrogens is 3. The molecule has 1 amide bonds. The second-order valence-electron chi connectivity index (χ2n) is 8.71. The monoisotopic (exact) mass is 540 g/mol. The van der Waals surface area contributed by atoms with Gasteiger partial charge in [0.2, 0.25) is 5.91 Å². The van der Waals surface area contributed by atoms with Crippen molar-refractivity contribution in [2.45, 2.75) is 44.8 Å². The second kappa shape index (κ2) is 11.4. The van der Waals surface area contributed by atoms with Crippen LogP contribution < -0.4 is 5.32 Å². The molecule has 0 bridgehead atoms. The lowest BCUT2D eigenvalue weighted by molar-refractivity contribution is -0.113. The number of thioether (sulfide) groups is 1. The Hall–Kier alpha value is -2.95. The number of hydrogen-bond donors (Lipinski definition) is 1. The summed E-state index contributed by atoms with van der Waals surface area (Å²) in [5.41, 5.74) is 3.01. The number of anilines is 1. The van der Waals surface area contributed by atoms with Crippen LogP contribution in [0.2, 0.25) is 0 Å². The second-order valence-corrected chi connectivity index (χ2v) is 11.5. The number of thiophene rings is 2. The lowest BCUT2D eigenvalue weighted by atomic mass is 10.0. The van der Waals surface area contributed by atoms with Crippen LogP contribution in [0.25, 0.3) is 22.5 Å². The third kappa shape index (κ3) is 5.55. The number of nitrogens with zero attached hydrogens (tertiary/aromatic N) is 3. The van der Waals surface area contributed by atoms with E-state index < -0.39 is 5.97 Å². The largest absolute Gasteiger partial charge is 0.465 e. The predicted octanol–water partition coefficient (Wildman–Crippen LogP) is 6.96. The van der Waals surface area contributed by atoms with E-state index in [1.807, 2.05) is 35.7 Å². The number of hydrogen-bond acceptors (Lipinski definition) is 8. The molecule has 0 radical (unpaired) electrons. The van der Waals surface area contributed by atoms with Crippen molar-refractivity contribution in [2.24, 2.45) is 0 Å². The van der Waals surface area contributed by atoms with Gasteiger partial charge in [0.05, 0.1) is 12.9 Å². The zero-order valence-electron chi connectivity index (χ0n) is 20.8. The molecule has 1 aromatic carbocycles. The molecule has 3 aromatic heterocycles. The fourth-order valence-electron chi connectivity index (χ4n) is 3.69. The maximum atomic E-state index is 12.9. The molecule has 3 heterocycles. The fraction of sp³-hybridized carbons (Fsp3) is 0.308. The lowest BCUT2D eigenvalue weighted by Crippen LogP contribution is -2.16. The molecule has 0 aliphatic carbocycles. The van der Waals surface area contributed by atoms with Gasteiger partial charge >= 0.3 is 5.97 Å². The van der Waals surface area contributed by atoms with Crippen LogP contribution in [0.1, 0.15) is 54.9 Å². The molecule has 36 heavy (non-hydrogen) atoms. The number of carbonyl (C=O) groups is 2. The van der Waals surface area contributed by atoms with Crippen molar-refractivity contribution in [1.82, 2.24) is 14.8 Å². The van der Waals surface area contributed by atoms with Crippen LogP contribution in [0.4, 0.5) is 5.00 Å². The Labute approximate surface area is 222 Å². The minimum atomic E-state index is -0.487. The molecule has 0 unspecified atom stereocenters. The van der Waals surface area contributed by atoms with E-state index >= 15 is 0 Å². The molecular weight excluding hydrogens is 513 g/mol. The van der Waals surface area contributed by atoms with Crippen molar-refractivity contribution in [1.29, 1.82) is 0 Å². The van der Waals surface area contributed by atoms with Crippen molar-refractivity contribution in [3.8, 4) is 22.5 Å². The first kappa shape index (κ1) is 26.1. The zero-order chi connectivity index (χ0) is 25.8. The summed E-state index contributed by atoms with van der Waals surface area (Å²) in [4.78, 5) is 26.8. The summed E-state index contributed by atoms with van der Waals surface area (Å²) in [6.07, 6.45) is 0. The van der Waals surface area contributed by atoms with Gasteiger partial charge in [-0.25, -0.2) is 4.79 Å². The van der Waals surface area contributed by atoms with Gasteiger partial charge in [0.15, 0.2) is 11.0 Å². The van der Waals surface area contributed by atoms with Gasteiger partial charge in [0.1, 0.15) is 10.6 Å². The van der Waals surface area contributed by atoms with Gasteiger partial charge < -0.3 is 10.1 Å². The molecule has 188 valence electrons. The van der Waals surface area contributed by atoms with E-state index in [0.29, 0.717) is 21.6 Å². The molecule has 0 saturated heterocycles. The summed E-state index contributed by atoms with van der Waals surface area (Å²) in [5, 5.41) is 16.8. The van der Waals surface area contributed by atoms with Crippen LogP contribution in [0, 0.1) is 0 Å². The van der Waals surface area contributed by atoms with Crippen molar-refractivity contribution in [2.75, 3.05) is 18.2 Å². The summed E-state index contributed by atoms with van der Waals surface area (Å²) in [6.45, 7) is 8.49. The van der Waals surface area contributed by atoms with Crippen LogP contribution >= 0.6 is 34.4 Å².